The highest BCUT2D eigenvalue weighted by Gasteiger charge is 2.59. The first kappa shape index (κ1) is 24.0. The number of hydrogen-bond donors (Lipinski definition) is 0. The van der Waals surface area contributed by atoms with E-state index in [-0.39, 0.29) is 19.1 Å². The SMILES string of the molecule is CCC(C)C(=O)OCCOC(=O)CCC(=O)OC(C(F)(F)F)C(F)(F)F. The molecule has 6 nitrogen and oxygen atoms in total. The maximum Gasteiger partial charge on any atom is 0.434 e. The summed E-state index contributed by atoms with van der Waals surface area (Å²) < 4.78 is 85.8. The monoisotopic (exact) mass is 396 g/mol. The molecule has 1 atom stereocenters. The van der Waals surface area contributed by atoms with E-state index in [1.165, 1.54) is 0 Å². The third-order valence-electron chi connectivity index (χ3n) is 2.98. The molecular weight excluding hydrogens is 378 g/mol. The summed E-state index contributed by atoms with van der Waals surface area (Å²) in [6.45, 7) is 2.73. The second-order valence-corrected chi connectivity index (χ2v) is 5.15. The highest BCUT2D eigenvalue weighted by Crippen LogP contribution is 2.35. The van der Waals surface area contributed by atoms with Gasteiger partial charge in [0, 0.05) is 0 Å². The number of esters is 3. The Bertz CT molecular complexity index is 473. The average Bonchev–Trinajstić information content (AvgIpc) is 2.51. The van der Waals surface area contributed by atoms with Crippen LogP contribution < -0.4 is 0 Å². The molecule has 0 aliphatic rings. The van der Waals surface area contributed by atoms with Crippen LogP contribution in [0.4, 0.5) is 26.3 Å². The Balaban J connectivity index is 4.19. The zero-order valence-corrected chi connectivity index (χ0v) is 13.9. The third kappa shape index (κ3) is 9.47. The van der Waals surface area contributed by atoms with Gasteiger partial charge in [0.25, 0.3) is 6.10 Å². The Morgan fingerprint density at radius 2 is 1.31 bits per heavy atom. The molecule has 0 saturated heterocycles. The topological polar surface area (TPSA) is 78.9 Å². The molecule has 0 N–H and O–H groups in total. The Morgan fingerprint density at radius 3 is 1.77 bits per heavy atom. The van der Waals surface area contributed by atoms with E-state index in [1.807, 2.05) is 0 Å². The maximum absolute atomic E-state index is 12.2. The molecule has 26 heavy (non-hydrogen) atoms. The zero-order chi connectivity index (χ0) is 20.5. The summed E-state index contributed by atoms with van der Waals surface area (Å²) in [5.74, 6) is -3.80. The molecule has 0 fully saturated rings. The van der Waals surface area contributed by atoms with Gasteiger partial charge in [-0.2, -0.15) is 26.3 Å². The van der Waals surface area contributed by atoms with Gasteiger partial charge in [-0.3, -0.25) is 14.4 Å². The van der Waals surface area contributed by atoms with Crippen molar-refractivity contribution in [1.29, 1.82) is 0 Å². The standard InChI is InChI=1S/C14H18F6O6/c1-3-8(2)11(23)25-7-6-24-9(21)4-5-10(22)26-12(13(15,16)17)14(18,19)20/h8,12H,3-7H2,1-2H3. The molecule has 0 saturated carbocycles. The van der Waals surface area contributed by atoms with Crippen molar-refractivity contribution in [3.8, 4) is 0 Å². The van der Waals surface area contributed by atoms with Crippen molar-refractivity contribution < 1.29 is 54.9 Å². The number of ether oxygens (including phenoxy) is 3. The molecule has 0 amide bonds. The van der Waals surface area contributed by atoms with E-state index in [0.717, 1.165) is 0 Å². The fraction of sp³-hybridized carbons (Fsp3) is 0.786. The highest BCUT2D eigenvalue weighted by molar-refractivity contribution is 5.77. The van der Waals surface area contributed by atoms with Crippen molar-refractivity contribution in [2.45, 2.75) is 51.6 Å². The molecule has 0 heterocycles. The first-order valence-electron chi connectivity index (χ1n) is 7.44. The molecule has 0 aromatic carbocycles. The normalized spacial score (nSPS) is 13.3. The van der Waals surface area contributed by atoms with Crippen LogP contribution in [0.1, 0.15) is 33.1 Å². The molecule has 0 aromatic heterocycles. The van der Waals surface area contributed by atoms with Crippen molar-refractivity contribution in [3.05, 3.63) is 0 Å². The van der Waals surface area contributed by atoms with Crippen LogP contribution in [0.3, 0.4) is 0 Å². The molecule has 152 valence electrons. The van der Waals surface area contributed by atoms with Gasteiger partial charge in [-0.25, -0.2) is 0 Å². The van der Waals surface area contributed by atoms with Crippen molar-refractivity contribution in [3.63, 3.8) is 0 Å². The fourth-order valence-electron chi connectivity index (χ4n) is 1.39. The summed E-state index contributed by atoms with van der Waals surface area (Å²) in [7, 11) is 0. The van der Waals surface area contributed by atoms with Crippen LogP contribution in [0.2, 0.25) is 0 Å². The Labute approximate surface area is 144 Å². The predicted molar refractivity (Wildman–Crippen MR) is 72.6 cm³/mol. The van der Waals surface area contributed by atoms with Gasteiger partial charge >= 0.3 is 30.3 Å². The van der Waals surface area contributed by atoms with E-state index < -0.39 is 49.2 Å². The van der Waals surface area contributed by atoms with Crippen LogP contribution in [0.5, 0.6) is 0 Å². The number of hydrogen-bond acceptors (Lipinski definition) is 6. The van der Waals surface area contributed by atoms with Crippen LogP contribution in [0, 0.1) is 5.92 Å². The molecule has 0 aromatic rings. The molecule has 1 unspecified atom stereocenters. The van der Waals surface area contributed by atoms with E-state index in [2.05, 4.69) is 9.47 Å². The van der Waals surface area contributed by atoms with Crippen LogP contribution in [-0.2, 0) is 28.6 Å². The molecule has 0 bridgehead atoms. The van der Waals surface area contributed by atoms with Crippen molar-refractivity contribution in [2.24, 2.45) is 5.92 Å². The predicted octanol–water partition coefficient (Wildman–Crippen LogP) is 2.94. The van der Waals surface area contributed by atoms with Crippen LogP contribution >= 0.6 is 0 Å². The smallest absolute Gasteiger partial charge is 0.434 e. The summed E-state index contributed by atoms with van der Waals surface area (Å²) in [5.41, 5.74) is 0. The molecule has 0 aliphatic carbocycles. The summed E-state index contributed by atoms with van der Waals surface area (Å²) in [4.78, 5) is 33.6. The van der Waals surface area contributed by atoms with E-state index >= 15 is 0 Å². The summed E-state index contributed by atoms with van der Waals surface area (Å²) in [5, 5.41) is 0. The first-order valence-corrected chi connectivity index (χ1v) is 7.44. The van der Waals surface area contributed by atoms with Crippen molar-refractivity contribution >= 4 is 17.9 Å². The number of halogens is 6. The minimum Gasteiger partial charge on any atom is -0.462 e. The summed E-state index contributed by atoms with van der Waals surface area (Å²) >= 11 is 0. The van der Waals surface area contributed by atoms with Crippen molar-refractivity contribution in [2.75, 3.05) is 13.2 Å². The molecule has 0 radical (unpaired) electrons. The van der Waals surface area contributed by atoms with Gasteiger partial charge in [0.15, 0.2) is 0 Å². The lowest BCUT2D eigenvalue weighted by molar-refractivity contribution is -0.313. The number of carbonyl (C=O) groups is 3. The second kappa shape index (κ2) is 10.2. The molecule has 0 spiro atoms. The Kier molecular flexibility index (Phi) is 9.43. The van der Waals surface area contributed by atoms with E-state index in [9.17, 15) is 40.7 Å². The second-order valence-electron chi connectivity index (χ2n) is 5.15. The Hall–Kier alpha value is -2.01. The van der Waals surface area contributed by atoms with Gasteiger partial charge in [-0.1, -0.05) is 13.8 Å². The molecule has 0 rings (SSSR count). The van der Waals surface area contributed by atoms with Gasteiger partial charge in [-0.15, -0.1) is 0 Å². The van der Waals surface area contributed by atoms with E-state index in [0.29, 0.717) is 6.42 Å². The fourth-order valence-corrected chi connectivity index (χ4v) is 1.39. The van der Waals surface area contributed by atoms with Gasteiger partial charge in [0.2, 0.25) is 0 Å². The summed E-state index contributed by atoms with van der Waals surface area (Å²) in [6, 6.07) is 0. The Morgan fingerprint density at radius 1 is 0.846 bits per heavy atom. The van der Waals surface area contributed by atoms with Gasteiger partial charge in [0.1, 0.15) is 13.2 Å². The van der Waals surface area contributed by atoms with Gasteiger partial charge in [-0.05, 0) is 6.42 Å². The maximum atomic E-state index is 12.2. The molecule has 12 heteroatoms. The summed E-state index contributed by atoms with van der Waals surface area (Å²) in [6.07, 6.45) is -17.2. The zero-order valence-electron chi connectivity index (χ0n) is 13.9. The average molecular weight is 396 g/mol. The lowest BCUT2D eigenvalue weighted by atomic mass is 10.1. The number of carbonyl (C=O) groups excluding carboxylic acids is 3. The highest BCUT2D eigenvalue weighted by atomic mass is 19.4. The first-order chi connectivity index (χ1) is 11.8. The quantitative estimate of drug-likeness (QED) is 0.258. The molecular formula is C14H18F6O6. The van der Waals surface area contributed by atoms with E-state index in [1.54, 1.807) is 13.8 Å². The van der Waals surface area contributed by atoms with Crippen LogP contribution in [0.15, 0.2) is 0 Å². The minimum atomic E-state index is -5.83. The lowest BCUT2D eigenvalue weighted by Crippen LogP contribution is -2.45. The van der Waals surface area contributed by atoms with Gasteiger partial charge in [0.05, 0.1) is 18.8 Å². The largest absolute Gasteiger partial charge is 0.462 e. The number of rotatable bonds is 9. The van der Waals surface area contributed by atoms with Crippen LogP contribution in [-0.4, -0.2) is 49.6 Å². The minimum absolute atomic E-state index is 0.274. The number of alkyl halides is 6. The van der Waals surface area contributed by atoms with Crippen LogP contribution in [0.25, 0.3) is 0 Å². The third-order valence-corrected chi connectivity index (χ3v) is 2.98. The van der Waals surface area contributed by atoms with Crippen molar-refractivity contribution in [1.82, 2.24) is 0 Å². The van der Waals surface area contributed by atoms with E-state index in [4.69, 9.17) is 4.74 Å². The molecule has 0 aliphatic heterocycles. The van der Waals surface area contributed by atoms with Gasteiger partial charge < -0.3 is 14.2 Å². The lowest BCUT2D eigenvalue weighted by Gasteiger charge is -2.22.